The number of aromatic carboxylic acids is 1. The summed E-state index contributed by atoms with van der Waals surface area (Å²) in [5.41, 5.74) is -1.81. The Bertz CT molecular complexity index is 816. The Balaban J connectivity index is 2.02. The number of ether oxygens (including phenoxy) is 2. The van der Waals surface area contributed by atoms with Crippen LogP contribution in [0.4, 0.5) is 0 Å². The number of carbonyl (C=O) groups is 2. The van der Waals surface area contributed by atoms with Crippen LogP contribution in [0.1, 0.15) is 53.1 Å². The predicted octanol–water partition coefficient (Wildman–Crippen LogP) is 0.851. The fourth-order valence-corrected chi connectivity index (χ4v) is 4.40. The van der Waals surface area contributed by atoms with Crippen molar-refractivity contribution in [1.82, 2.24) is 9.47 Å². The van der Waals surface area contributed by atoms with Crippen LogP contribution in [0.15, 0.2) is 11.0 Å². The topological polar surface area (TPSA) is 98.1 Å². The number of methoxy groups -OCH3 is 1. The fraction of sp³-hybridized carbons (Fsp3) is 0.562. The molecule has 1 aromatic heterocycles. The number of fused-ring (bicyclic) bond motifs is 2. The zero-order valence-electron chi connectivity index (χ0n) is 13.4. The number of aromatic nitrogens is 1. The molecule has 2 unspecified atom stereocenters. The summed E-state index contributed by atoms with van der Waals surface area (Å²) in [6.45, 7) is 2.36. The summed E-state index contributed by atoms with van der Waals surface area (Å²) in [5.74, 6) is -1.89. The van der Waals surface area contributed by atoms with Gasteiger partial charge in [0.25, 0.3) is 5.91 Å². The lowest BCUT2D eigenvalue weighted by molar-refractivity contribution is -0.116. The molecule has 24 heavy (non-hydrogen) atoms. The third kappa shape index (κ3) is 1.69. The largest absolute Gasteiger partial charge is 0.491 e. The van der Waals surface area contributed by atoms with E-state index in [1.807, 2.05) is 6.92 Å². The second kappa shape index (κ2) is 4.83. The number of hydrogen-bond acceptors (Lipinski definition) is 5. The van der Waals surface area contributed by atoms with Crippen LogP contribution in [-0.2, 0) is 4.74 Å². The first-order valence-electron chi connectivity index (χ1n) is 7.97. The van der Waals surface area contributed by atoms with Crippen LogP contribution in [0.5, 0.6) is 5.75 Å². The van der Waals surface area contributed by atoms with E-state index in [-0.39, 0.29) is 29.5 Å². The van der Waals surface area contributed by atoms with Crippen molar-refractivity contribution < 1.29 is 24.2 Å². The lowest BCUT2D eigenvalue weighted by atomic mass is 9.99. The number of rotatable bonds is 2. The Morgan fingerprint density at radius 2 is 2.21 bits per heavy atom. The molecule has 3 atom stereocenters. The molecular formula is C16H18N2O6. The second-order valence-electron chi connectivity index (χ2n) is 6.56. The van der Waals surface area contributed by atoms with Crippen molar-refractivity contribution >= 4 is 11.9 Å². The van der Waals surface area contributed by atoms with E-state index in [1.54, 1.807) is 9.47 Å². The molecule has 128 valence electrons. The van der Waals surface area contributed by atoms with Crippen molar-refractivity contribution in [3.8, 4) is 5.75 Å². The van der Waals surface area contributed by atoms with Crippen molar-refractivity contribution in [2.75, 3.05) is 13.7 Å². The van der Waals surface area contributed by atoms with Crippen LogP contribution >= 0.6 is 0 Å². The van der Waals surface area contributed by atoms with Gasteiger partial charge in [-0.25, -0.2) is 4.79 Å². The maximum absolute atomic E-state index is 13.1. The lowest BCUT2D eigenvalue weighted by Crippen LogP contribution is -2.56. The van der Waals surface area contributed by atoms with Gasteiger partial charge in [0.15, 0.2) is 17.2 Å². The summed E-state index contributed by atoms with van der Waals surface area (Å²) in [4.78, 5) is 38.6. The summed E-state index contributed by atoms with van der Waals surface area (Å²) in [7, 11) is 1.27. The van der Waals surface area contributed by atoms with E-state index < -0.39 is 22.7 Å². The molecule has 1 saturated carbocycles. The average Bonchev–Trinajstić information content (AvgIpc) is 3.09. The van der Waals surface area contributed by atoms with Crippen LogP contribution in [0, 0.1) is 0 Å². The minimum absolute atomic E-state index is 0.110. The van der Waals surface area contributed by atoms with Crippen molar-refractivity contribution in [2.24, 2.45) is 0 Å². The van der Waals surface area contributed by atoms with Gasteiger partial charge in [-0.3, -0.25) is 9.59 Å². The molecule has 0 aromatic carbocycles. The maximum atomic E-state index is 13.1. The van der Waals surface area contributed by atoms with Crippen LogP contribution in [0.3, 0.4) is 0 Å². The summed E-state index contributed by atoms with van der Waals surface area (Å²) in [6.07, 6.45) is 3.46. The van der Waals surface area contributed by atoms with Gasteiger partial charge in [-0.2, -0.15) is 0 Å². The first-order valence-corrected chi connectivity index (χ1v) is 7.97. The molecule has 1 N–H and O–H groups in total. The normalized spacial score (nSPS) is 30.8. The van der Waals surface area contributed by atoms with E-state index >= 15 is 0 Å². The molecule has 3 heterocycles. The minimum atomic E-state index is -1.34. The second-order valence-corrected chi connectivity index (χ2v) is 6.56. The van der Waals surface area contributed by atoms with E-state index in [2.05, 4.69) is 0 Å². The number of carbonyl (C=O) groups excluding carboxylic acids is 1. The van der Waals surface area contributed by atoms with Gasteiger partial charge in [0, 0.05) is 12.7 Å². The van der Waals surface area contributed by atoms with Crippen molar-refractivity contribution in [3.63, 3.8) is 0 Å². The highest BCUT2D eigenvalue weighted by Gasteiger charge is 2.60. The summed E-state index contributed by atoms with van der Waals surface area (Å²) >= 11 is 0. The van der Waals surface area contributed by atoms with Crippen LogP contribution in [0.25, 0.3) is 0 Å². The third-order valence-corrected chi connectivity index (χ3v) is 5.25. The van der Waals surface area contributed by atoms with Gasteiger partial charge in [-0.1, -0.05) is 0 Å². The van der Waals surface area contributed by atoms with Gasteiger partial charge >= 0.3 is 5.97 Å². The number of nitrogens with zero attached hydrogens (tertiary/aromatic N) is 2. The summed E-state index contributed by atoms with van der Waals surface area (Å²) in [6, 6.07) is -0.220. The molecule has 0 radical (unpaired) electrons. The predicted molar refractivity (Wildman–Crippen MR) is 81.4 cm³/mol. The quantitative estimate of drug-likeness (QED) is 0.861. The highest BCUT2D eigenvalue weighted by atomic mass is 16.5. The van der Waals surface area contributed by atoms with Gasteiger partial charge < -0.3 is 24.0 Å². The van der Waals surface area contributed by atoms with Crippen molar-refractivity contribution in [2.45, 2.75) is 44.1 Å². The molecule has 0 bridgehead atoms. The summed E-state index contributed by atoms with van der Waals surface area (Å²) < 4.78 is 12.9. The van der Waals surface area contributed by atoms with E-state index in [1.165, 1.54) is 13.3 Å². The van der Waals surface area contributed by atoms with E-state index in [9.17, 15) is 19.5 Å². The summed E-state index contributed by atoms with van der Waals surface area (Å²) in [5, 5.41) is 9.33. The number of carboxylic acids is 1. The van der Waals surface area contributed by atoms with Gasteiger partial charge in [-0.15, -0.1) is 0 Å². The van der Waals surface area contributed by atoms with Gasteiger partial charge in [0.05, 0.1) is 19.3 Å². The Morgan fingerprint density at radius 3 is 2.88 bits per heavy atom. The van der Waals surface area contributed by atoms with Crippen LogP contribution in [-0.4, -0.2) is 51.9 Å². The van der Waals surface area contributed by atoms with Crippen molar-refractivity contribution in [1.29, 1.82) is 0 Å². The highest BCUT2D eigenvalue weighted by molar-refractivity contribution is 5.98. The average molecular weight is 334 g/mol. The maximum Gasteiger partial charge on any atom is 0.341 e. The molecule has 1 aromatic rings. The SMILES string of the molecule is COc1c2n(cc(C(=O)O)c1=O)C1CCCC13O[C@@H](C)CN3C2=O. The smallest absolute Gasteiger partial charge is 0.341 e. The highest BCUT2D eigenvalue weighted by Crippen LogP contribution is 2.52. The molecule has 8 nitrogen and oxygen atoms in total. The third-order valence-electron chi connectivity index (χ3n) is 5.25. The molecule has 1 amide bonds. The lowest BCUT2D eigenvalue weighted by Gasteiger charge is -2.44. The van der Waals surface area contributed by atoms with Gasteiger partial charge in [-0.05, 0) is 26.2 Å². The fourth-order valence-electron chi connectivity index (χ4n) is 4.40. The number of carboxylic acid groups (broad SMARTS) is 1. The standard InChI is InChI=1S/C16H18N2O6/c1-8-6-18-14(20)11-13(23-2)12(19)9(15(21)22)7-17(11)10-4-3-5-16(10,18)24-8/h7-8,10H,3-6H2,1-2H3,(H,21,22)/t8-,10?,16?/m0/s1. The zero-order chi connectivity index (χ0) is 17.2. The van der Waals surface area contributed by atoms with Gasteiger partial charge in [0.1, 0.15) is 5.56 Å². The Morgan fingerprint density at radius 1 is 1.46 bits per heavy atom. The first-order chi connectivity index (χ1) is 11.4. The molecule has 3 aliphatic rings. The van der Waals surface area contributed by atoms with Gasteiger partial charge in [0.2, 0.25) is 5.43 Å². The number of hydrogen-bond donors (Lipinski definition) is 1. The Kier molecular flexibility index (Phi) is 3.05. The molecule has 2 fully saturated rings. The van der Waals surface area contributed by atoms with E-state index in [0.29, 0.717) is 13.0 Å². The molecule has 2 aliphatic heterocycles. The van der Waals surface area contributed by atoms with Crippen LogP contribution < -0.4 is 10.2 Å². The van der Waals surface area contributed by atoms with Crippen molar-refractivity contribution in [3.05, 3.63) is 27.7 Å². The zero-order valence-corrected chi connectivity index (χ0v) is 13.4. The first kappa shape index (κ1) is 15.2. The molecule has 1 saturated heterocycles. The number of amides is 1. The Hall–Kier alpha value is -2.35. The molecular weight excluding hydrogens is 316 g/mol. The molecule has 1 aliphatic carbocycles. The van der Waals surface area contributed by atoms with E-state index in [4.69, 9.17) is 9.47 Å². The van der Waals surface area contributed by atoms with E-state index in [0.717, 1.165) is 12.8 Å². The molecule has 4 rings (SSSR count). The monoisotopic (exact) mass is 334 g/mol. The van der Waals surface area contributed by atoms with Crippen LogP contribution in [0.2, 0.25) is 0 Å². The molecule has 1 spiro atoms. The Labute approximate surface area is 137 Å². The molecule has 8 heteroatoms. The number of pyridine rings is 1. The minimum Gasteiger partial charge on any atom is -0.491 e.